The third-order valence-corrected chi connectivity index (χ3v) is 4.66. The van der Waals surface area contributed by atoms with Crippen molar-refractivity contribution in [3.8, 4) is 11.3 Å². The minimum absolute atomic E-state index is 0.171. The molecule has 0 radical (unpaired) electrons. The van der Waals surface area contributed by atoms with Crippen LogP contribution in [-0.4, -0.2) is 35.0 Å². The minimum Gasteiger partial charge on any atom is -0.369 e. The summed E-state index contributed by atoms with van der Waals surface area (Å²) in [6, 6.07) is 6.54. The summed E-state index contributed by atoms with van der Waals surface area (Å²) in [5.41, 5.74) is 6.11. The van der Waals surface area contributed by atoms with Crippen LogP contribution in [-0.2, 0) is 4.79 Å². The molecule has 1 saturated heterocycles. The van der Waals surface area contributed by atoms with Crippen molar-refractivity contribution in [2.75, 3.05) is 13.1 Å². The highest BCUT2D eigenvalue weighted by Crippen LogP contribution is 2.31. The number of amides is 2. The van der Waals surface area contributed by atoms with Crippen molar-refractivity contribution in [3.63, 3.8) is 0 Å². The number of primary amides is 1. The highest BCUT2D eigenvalue weighted by molar-refractivity contribution is 6.36. The molecule has 1 aromatic carbocycles. The number of nitrogens with zero attached hydrogens (tertiary/aromatic N) is 2. The number of aromatic nitrogens is 1. The summed E-state index contributed by atoms with van der Waals surface area (Å²) in [5.74, 6) is -0.331. The average molecular weight is 368 g/mol. The maximum Gasteiger partial charge on any atom is 0.276 e. The Morgan fingerprint density at radius 2 is 1.92 bits per heavy atom. The molecule has 2 aromatic rings. The molecule has 24 heavy (non-hydrogen) atoms. The van der Waals surface area contributed by atoms with Gasteiger partial charge in [-0.2, -0.15) is 0 Å². The molecule has 0 unspecified atom stereocenters. The fraction of sp³-hybridized carbons (Fsp3) is 0.312. The Labute approximate surface area is 148 Å². The zero-order valence-corrected chi connectivity index (χ0v) is 14.2. The maximum absolute atomic E-state index is 12.5. The number of hydrogen-bond donors (Lipinski definition) is 1. The first-order chi connectivity index (χ1) is 11.5. The molecule has 0 aliphatic carbocycles. The van der Waals surface area contributed by atoms with Crippen LogP contribution in [0, 0.1) is 5.92 Å². The van der Waals surface area contributed by atoms with Crippen LogP contribution in [0.15, 0.2) is 28.8 Å². The van der Waals surface area contributed by atoms with Crippen molar-refractivity contribution in [3.05, 3.63) is 40.0 Å². The van der Waals surface area contributed by atoms with Gasteiger partial charge >= 0.3 is 0 Å². The number of carbonyl (C=O) groups is 2. The van der Waals surface area contributed by atoms with E-state index in [1.165, 1.54) is 0 Å². The molecule has 0 bridgehead atoms. The molecule has 126 valence electrons. The van der Waals surface area contributed by atoms with E-state index in [1.54, 1.807) is 29.2 Å². The van der Waals surface area contributed by atoms with Gasteiger partial charge in [0.25, 0.3) is 5.91 Å². The van der Waals surface area contributed by atoms with E-state index in [9.17, 15) is 9.59 Å². The molecule has 1 aliphatic heterocycles. The molecular weight excluding hydrogens is 353 g/mol. The number of rotatable bonds is 3. The summed E-state index contributed by atoms with van der Waals surface area (Å²) in [5, 5.41) is 4.76. The van der Waals surface area contributed by atoms with Crippen molar-refractivity contribution in [2.45, 2.75) is 12.8 Å². The molecule has 0 saturated carbocycles. The zero-order valence-electron chi connectivity index (χ0n) is 12.7. The Bertz CT molecular complexity index is 783. The third kappa shape index (κ3) is 3.39. The largest absolute Gasteiger partial charge is 0.369 e. The summed E-state index contributed by atoms with van der Waals surface area (Å²) >= 11 is 12.0. The van der Waals surface area contributed by atoms with Gasteiger partial charge < -0.3 is 15.2 Å². The minimum atomic E-state index is -0.316. The van der Waals surface area contributed by atoms with Crippen LogP contribution in [0.2, 0.25) is 10.0 Å². The fourth-order valence-corrected chi connectivity index (χ4v) is 3.22. The van der Waals surface area contributed by atoms with Gasteiger partial charge in [0, 0.05) is 35.7 Å². The van der Waals surface area contributed by atoms with E-state index in [0.717, 1.165) is 0 Å². The van der Waals surface area contributed by atoms with E-state index in [4.69, 9.17) is 33.5 Å². The first-order valence-electron chi connectivity index (χ1n) is 7.46. The normalized spacial score (nSPS) is 15.5. The van der Waals surface area contributed by atoms with Crippen molar-refractivity contribution >= 4 is 35.0 Å². The predicted molar refractivity (Wildman–Crippen MR) is 89.8 cm³/mol. The zero-order chi connectivity index (χ0) is 17.3. The van der Waals surface area contributed by atoms with Crippen molar-refractivity contribution < 1.29 is 14.1 Å². The lowest BCUT2D eigenvalue weighted by Crippen LogP contribution is -2.41. The molecular formula is C16H15Cl2N3O3. The lowest BCUT2D eigenvalue weighted by molar-refractivity contribution is -0.123. The fourth-order valence-electron chi connectivity index (χ4n) is 2.72. The van der Waals surface area contributed by atoms with Gasteiger partial charge in [0.15, 0.2) is 11.5 Å². The van der Waals surface area contributed by atoms with Crippen molar-refractivity contribution in [1.29, 1.82) is 0 Å². The van der Waals surface area contributed by atoms with Crippen LogP contribution in [0.1, 0.15) is 23.3 Å². The van der Waals surface area contributed by atoms with Gasteiger partial charge in [-0.3, -0.25) is 9.59 Å². The van der Waals surface area contributed by atoms with Gasteiger partial charge in [0.1, 0.15) is 0 Å². The molecule has 8 heteroatoms. The Balaban J connectivity index is 1.74. The number of hydrogen-bond acceptors (Lipinski definition) is 4. The highest BCUT2D eigenvalue weighted by atomic mass is 35.5. The first kappa shape index (κ1) is 16.8. The molecule has 3 rings (SSSR count). The molecule has 2 N–H and O–H groups in total. The second-order valence-corrected chi connectivity index (χ2v) is 6.51. The molecule has 1 aliphatic rings. The summed E-state index contributed by atoms with van der Waals surface area (Å²) in [6.45, 7) is 0.937. The molecule has 6 nitrogen and oxygen atoms in total. The summed E-state index contributed by atoms with van der Waals surface area (Å²) < 4.78 is 5.24. The standard InChI is InChI=1S/C16H15Cl2N3O3/c17-10-1-2-11(12(18)7-10)14-8-13(20-24-14)16(23)21-5-3-9(4-6-21)15(19)22/h1-2,7-9H,3-6H2,(H2,19,22). The average Bonchev–Trinajstić information content (AvgIpc) is 3.04. The van der Waals surface area contributed by atoms with Gasteiger partial charge in [-0.15, -0.1) is 0 Å². The monoisotopic (exact) mass is 367 g/mol. The number of likely N-dealkylation sites (tertiary alicyclic amines) is 1. The molecule has 2 heterocycles. The Kier molecular flexibility index (Phi) is 4.78. The lowest BCUT2D eigenvalue weighted by Gasteiger charge is -2.29. The molecule has 1 fully saturated rings. The quantitative estimate of drug-likeness (QED) is 0.902. The first-order valence-corrected chi connectivity index (χ1v) is 8.22. The molecule has 2 amide bonds. The Morgan fingerprint density at radius 1 is 1.21 bits per heavy atom. The molecule has 0 spiro atoms. The highest BCUT2D eigenvalue weighted by Gasteiger charge is 2.28. The van der Waals surface area contributed by atoms with Gasteiger partial charge in [-0.05, 0) is 31.0 Å². The lowest BCUT2D eigenvalue weighted by atomic mass is 9.96. The van der Waals surface area contributed by atoms with E-state index >= 15 is 0 Å². The van der Waals surface area contributed by atoms with E-state index < -0.39 is 0 Å². The van der Waals surface area contributed by atoms with Crippen LogP contribution in [0.5, 0.6) is 0 Å². The van der Waals surface area contributed by atoms with Gasteiger partial charge in [0.05, 0.1) is 5.02 Å². The van der Waals surface area contributed by atoms with Crippen LogP contribution < -0.4 is 5.73 Å². The van der Waals surface area contributed by atoms with Crippen molar-refractivity contribution in [1.82, 2.24) is 10.1 Å². The topological polar surface area (TPSA) is 89.4 Å². The maximum atomic E-state index is 12.5. The molecule has 1 aromatic heterocycles. The van der Waals surface area contributed by atoms with E-state index in [-0.39, 0.29) is 23.4 Å². The Morgan fingerprint density at radius 3 is 2.54 bits per heavy atom. The Hall–Kier alpha value is -2.05. The van der Waals surface area contributed by atoms with Crippen LogP contribution in [0.25, 0.3) is 11.3 Å². The van der Waals surface area contributed by atoms with Crippen LogP contribution in [0.3, 0.4) is 0 Å². The number of carbonyl (C=O) groups excluding carboxylic acids is 2. The van der Waals surface area contributed by atoms with E-state index in [1.807, 2.05) is 0 Å². The van der Waals surface area contributed by atoms with Gasteiger partial charge in [-0.25, -0.2) is 0 Å². The number of piperidine rings is 1. The van der Waals surface area contributed by atoms with Gasteiger partial charge in [-0.1, -0.05) is 28.4 Å². The predicted octanol–water partition coefficient (Wildman–Crippen LogP) is 2.99. The van der Waals surface area contributed by atoms with Crippen LogP contribution in [0.4, 0.5) is 0 Å². The van der Waals surface area contributed by atoms with E-state index in [0.29, 0.717) is 47.3 Å². The third-order valence-electron chi connectivity index (χ3n) is 4.11. The van der Waals surface area contributed by atoms with Crippen LogP contribution >= 0.6 is 23.2 Å². The number of nitrogens with two attached hydrogens (primary N) is 1. The summed E-state index contributed by atoms with van der Waals surface area (Å²) in [4.78, 5) is 25.3. The second-order valence-electron chi connectivity index (χ2n) is 5.67. The second kappa shape index (κ2) is 6.83. The van der Waals surface area contributed by atoms with Gasteiger partial charge in [0.2, 0.25) is 5.91 Å². The van der Waals surface area contributed by atoms with Crippen molar-refractivity contribution in [2.24, 2.45) is 11.7 Å². The smallest absolute Gasteiger partial charge is 0.276 e. The SMILES string of the molecule is NC(=O)C1CCN(C(=O)c2cc(-c3ccc(Cl)cc3Cl)on2)CC1. The molecule has 0 atom stereocenters. The van der Waals surface area contributed by atoms with E-state index in [2.05, 4.69) is 5.16 Å². The number of benzene rings is 1. The summed E-state index contributed by atoms with van der Waals surface area (Å²) in [6.07, 6.45) is 1.13. The summed E-state index contributed by atoms with van der Waals surface area (Å²) in [7, 11) is 0. The number of halogens is 2.